The molecular formula is C16H33BNiO7. The van der Waals surface area contributed by atoms with Crippen LogP contribution >= 0.6 is 0 Å². The second-order valence-electron chi connectivity index (χ2n) is 5.42. The first-order chi connectivity index (χ1) is 11.3. The fourth-order valence-electron chi connectivity index (χ4n) is 1.75. The number of aliphatic carboxylic acids is 2. The van der Waals surface area contributed by atoms with Crippen molar-refractivity contribution in [2.24, 2.45) is 0 Å². The van der Waals surface area contributed by atoms with Crippen molar-refractivity contribution in [3.63, 3.8) is 0 Å². The van der Waals surface area contributed by atoms with Crippen LogP contribution in [-0.4, -0.2) is 34.3 Å². The van der Waals surface area contributed by atoms with Crippen LogP contribution in [-0.2, 0) is 26.1 Å². The third-order valence-corrected chi connectivity index (χ3v) is 2.97. The molecule has 0 aliphatic rings. The van der Waals surface area contributed by atoms with Gasteiger partial charge in [-0.1, -0.05) is 65.2 Å². The Labute approximate surface area is 161 Å². The van der Waals surface area contributed by atoms with E-state index in [0.29, 0.717) is 0 Å². The normalized spacial score (nSPS) is 8.84. The van der Waals surface area contributed by atoms with Crippen molar-refractivity contribution < 1.29 is 51.4 Å². The van der Waals surface area contributed by atoms with Crippen molar-refractivity contribution >= 4 is 19.3 Å². The molecule has 0 aromatic heterocycles. The molecule has 0 radical (unpaired) electrons. The zero-order valence-corrected chi connectivity index (χ0v) is 16.3. The number of carbonyl (C=O) groups excluding carboxylic acids is 2. The molecule has 0 rings (SSSR count). The van der Waals surface area contributed by atoms with E-state index in [1.165, 1.54) is 25.7 Å². The van der Waals surface area contributed by atoms with E-state index in [0.717, 1.165) is 38.5 Å². The summed E-state index contributed by atoms with van der Waals surface area (Å²) < 4.78 is 0. The number of rotatable bonds is 12. The maximum atomic E-state index is 9.92. The minimum Gasteiger partial charge on any atom is -0.550 e. The predicted octanol–water partition coefficient (Wildman–Crippen LogP) is 0.139. The van der Waals surface area contributed by atoms with Gasteiger partial charge in [-0.25, -0.2) is 0 Å². The van der Waals surface area contributed by atoms with Crippen molar-refractivity contribution in [3.05, 3.63) is 0 Å². The second kappa shape index (κ2) is 28.2. The van der Waals surface area contributed by atoms with Crippen LogP contribution in [0.2, 0.25) is 0 Å². The molecule has 0 saturated heterocycles. The Balaban J connectivity index is -0.000000141. The fraction of sp³-hybridized carbons (Fsp3) is 0.875. The van der Waals surface area contributed by atoms with E-state index in [4.69, 9.17) is 15.1 Å². The quantitative estimate of drug-likeness (QED) is 0.309. The molecule has 3 N–H and O–H groups in total. The summed E-state index contributed by atoms with van der Waals surface area (Å²) in [6.07, 6.45) is 11.2. The van der Waals surface area contributed by atoms with Gasteiger partial charge in [0.25, 0.3) is 0 Å². The van der Waals surface area contributed by atoms with E-state index in [-0.39, 0.29) is 29.3 Å². The van der Waals surface area contributed by atoms with Gasteiger partial charge in [0, 0.05) is 11.9 Å². The Hall–Kier alpha value is -0.622. The predicted molar refractivity (Wildman–Crippen MR) is 89.2 cm³/mol. The molecule has 0 atom stereocenters. The van der Waals surface area contributed by atoms with Gasteiger partial charge < -0.3 is 34.9 Å². The van der Waals surface area contributed by atoms with E-state index in [2.05, 4.69) is 13.8 Å². The molecule has 0 saturated carbocycles. The van der Waals surface area contributed by atoms with Gasteiger partial charge >= 0.3 is 23.8 Å². The maximum Gasteiger partial charge on any atom is 2.00 e. The summed E-state index contributed by atoms with van der Waals surface area (Å²) in [6, 6.07) is 0. The van der Waals surface area contributed by atoms with E-state index < -0.39 is 19.3 Å². The van der Waals surface area contributed by atoms with Gasteiger partial charge in [0.05, 0.1) is 0 Å². The molecule has 0 spiro atoms. The second-order valence-corrected chi connectivity index (χ2v) is 5.42. The van der Waals surface area contributed by atoms with Crippen LogP contribution in [0.1, 0.15) is 90.9 Å². The minimum absolute atomic E-state index is 0. The monoisotopic (exact) mass is 406 g/mol. The standard InChI is InChI=1S/2C8H16O2.BH3O3.Ni/c2*1-2-3-4-5-6-7-8(9)10;2-1(3)4;/h2*2-7H2,1H3,(H,9,10);2-4H;/q;;;+2/p-2. The molecule has 25 heavy (non-hydrogen) atoms. The van der Waals surface area contributed by atoms with Gasteiger partial charge in [-0.3, -0.25) is 0 Å². The number of hydrogen-bond donors (Lipinski definition) is 3. The molecule has 0 unspecified atom stereocenters. The third-order valence-electron chi connectivity index (χ3n) is 2.97. The Morgan fingerprint density at radius 1 is 0.680 bits per heavy atom. The molecule has 0 aromatic carbocycles. The van der Waals surface area contributed by atoms with Crippen molar-refractivity contribution in [1.29, 1.82) is 0 Å². The van der Waals surface area contributed by atoms with Gasteiger partial charge in [-0.15, -0.1) is 0 Å². The first-order valence-electron chi connectivity index (χ1n) is 8.71. The number of hydrogen-bond acceptors (Lipinski definition) is 7. The van der Waals surface area contributed by atoms with Crippen molar-refractivity contribution in [2.45, 2.75) is 90.9 Å². The zero-order chi connectivity index (χ0) is 19.2. The third kappa shape index (κ3) is 59.7. The molecule has 7 nitrogen and oxygen atoms in total. The number of carboxylic acid groups (broad SMARTS) is 2. The SMILES string of the molecule is CCCCCCCC(=O)[O-].CCCCCCCC(=O)[O-].OB(O)O.[Ni+2]. The minimum atomic E-state index is -2.17. The van der Waals surface area contributed by atoms with Crippen molar-refractivity contribution in [2.75, 3.05) is 0 Å². The molecule has 0 amide bonds. The summed E-state index contributed by atoms with van der Waals surface area (Å²) in [5, 5.41) is 41.3. The zero-order valence-electron chi connectivity index (χ0n) is 15.4. The van der Waals surface area contributed by atoms with Gasteiger partial charge in [-0.2, -0.15) is 0 Å². The smallest absolute Gasteiger partial charge is 0.550 e. The van der Waals surface area contributed by atoms with Gasteiger partial charge in [0.2, 0.25) is 0 Å². The van der Waals surface area contributed by atoms with Crippen LogP contribution < -0.4 is 10.2 Å². The Morgan fingerprint density at radius 2 is 0.920 bits per heavy atom. The number of carbonyl (C=O) groups is 2. The summed E-state index contributed by atoms with van der Waals surface area (Å²) in [6.45, 7) is 4.28. The summed E-state index contributed by atoms with van der Waals surface area (Å²) in [5.41, 5.74) is 0. The van der Waals surface area contributed by atoms with Crippen LogP contribution in [0, 0.1) is 0 Å². The molecule has 0 bridgehead atoms. The van der Waals surface area contributed by atoms with Crippen LogP contribution in [0.15, 0.2) is 0 Å². The van der Waals surface area contributed by atoms with Crippen molar-refractivity contribution in [3.8, 4) is 0 Å². The summed E-state index contributed by atoms with van der Waals surface area (Å²) in [4.78, 5) is 19.8. The maximum absolute atomic E-state index is 9.92. The molecule has 0 aliphatic carbocycles. The largest absolute Gasteiger partial charge is 2.00 e. The Bertz CT molecular complexity index is 252. The van der Waals surface area contributed by atoms with E-state index in [9.17, 15) is 19.8 Å². The van der Waals surface area contributed by atoms with Gasteiger partial charge in [0.1, 0.15) is 0 Å². The van der Waals surface area contributed by atoms with E-state index in [1.807, 2.05) is 0 Å². The molecular weight excluding hydrogens is 374 g/mol. The van der Waals surface area contributed by atoms with Crippen molar-refractivity contribution in [1.82, 2.24) is 0 Å². The molecule has 0 aliphatic heterocycles. The van der Waals surface area contributed by atoms with E-state index in [1.54, 1.807) is 0 Å². The van der Waals surface area contributed by atoms with Crippen LogP contribution in [0.5, 0.6) is 0 Å². The molecule has 0 aromatic rings. The van der Waals surface area contributed by atoms with Gasteiger partial charge in [-0.05, 0) is 25.7 Å². The average molecular weight is 407 g/mol. The summed E-state index contributed by atoms with van der Waals surface area (Å²) in [5.74, 6) is -1.84. The number of carboxylic acids is 2. The molecule has 0 fully saturated rings. The Morgan fingerprint density at radius 3 is 1.12 bits per heavy atom. The van der Waals surface area contributed by atoms with Crippen LogP contribution in [0.3, 0.4) is 0 Å². The first-order valence-corrected chi connectivity index (χ1v) is 8.71. The fourth-order valence-corrected chi connectivity index (χ4v) is 1.75. The summed E-state index contributed by atoms with van der Waals surface area (Å²) in [7, 11) is -2.17. The topological polar surface area (TPSA) is 141 Å². The van der Waals surface area contributed by atoms with Crippen LogP contribution in [0.25, 0.3) is 0 Å². The van der Waals surface area contributed by atoms with Crippen LogP contribution in [0.4, 0.5) is 0 Å². The van der Waals surface area contributed by atoms with E-state index >= 15 is 0 Å². The summed E-state index contributed by atoms with van der Waals surface area (Å²) >= 11 is 0. The molecule has 9 heteroatoms. The average Bonchev–Trinajstić information content (AvgIpc) is 2.46. The first kappa shape index (κ1) is 32.1. The van der Waals surface area contributed by atoms with Gasteiger partial charge in [0.15, 0.2) is 0 Å². The Kier molecular flexibility index (Phi) is 36.2. The molecule has 0 heterocycles. The molecule has 152 valence electrons. The number of unbranched alkanes of at least 4 members (excludes halogenated alkanes) is 8.